The lowest BCUT2D eigenvalue weighted by Gasteiger charge is -2.21. The number of aliphatic hydroxyl groups excluding tert-OH is 1. The van der Waals surface area contributed by atoms with Crippen molar-refractivity contribution in [3.05, 3.63) is 88.6 Å². The molecule has 0 aliphatic carbocycles. The van der Waals surface area contributed by atoms with Crippen LogP contribution in [0.3, 0.4) is 0 Å². The van der Waals surface area contributed by atoms with E-state index in [0.717, 1.165) is 0 Å². The van der Waals surface area contributed by atoms with Gasteiger partial charge in [-0.1, -0.05) is 18.2 Å². The number of phenolic OH excluding ortho intramolecular Hbond substituents is 4. The Kier molecular flexibility index (Phi) is 5.77. The van der Waals surface area contributed by atoms with Crippen LogP contribution in [0.2, 0.25) is 0 Å². The molecule has 0 bridgehead atoms. The van der Waals surface area contributed by atoms with E-state index in [2.05, 4.69) is 0 Å². The summed E-state index contributed by atoms with van der Waals surface area (Å²) in [5, 5.41) is 49.3. The van der Waals surface area contributed by atoms with Crippen molar-refractivity contribution in [3.8, 4) is 23.0 Å². The van der Waals surface area contributed by atoms with Gasteiger partial charge in [0.1, 0.15) is 23.4 Å². The third-order valence-electron chi connectivity index (χ3n) is 5.28. The molecule has 9 heteroatoms. The van der Waals surface area contributed by atoms with Crippen molar-refractivity contribution < 1.29 is 44.6 Å². The van der Waals surface area contributed by atoms with Gasteiger partial charge in [-0.05, 0) is 48.4 Å². The van der Waals surface area contributed by atoms with Crippen LogP contribution in [0.1, 0.15) is 24.2 Å². The van der Waals surface area contributed by atoms with Gasteiger partial charge in [-0.25, -0.2) is 4.79 Å². The zero-order chi connectivity index (χ0) is 24.6. The predicted molar refractivity (Wildman–Crippen MR) is 118 cm³/mol. The quantitative estimate of drug-likeness (QED) is 0.259. The molecule has 9 nitrogen and oxygen atoms in total. The van der Waals surface area contributed by atoms with Gasteiger partial charge < -0.3 is 35.0 Å². The zero-order valence-corrected chi connectivity index (χ0v) is 17.8. The molecular weight excluding hydrogens is 444 g/mol. The third-order valence-corrected chi connectivity index (χ3v) is 5.28. The first-order valence-corrected chi connectivity index (χ1v) is 10.1. The summed E-state index contributed by atoms with van der Waals surface area (Å²) in [5.74, 6) is -3.94. The van der Waals surface area contributed by atoms with Crippen molar-refractivity contribution in [2.24, 2.45) is 5.92 Å². The smallest absolute Gasteiger partial charge is 0.339 e. The lowest BCUT2D eigenvalue weighted by Crippen LogP contribution is -2.15. The average molecular weight is 464 g/mol. The minimum Gasteiger partial charge on any atom is -0.507 e. The molecular formula is C25H20O9. The summed E-state index contributed by atoms with van der Waals surface area (Å²) in [5.41, 5.74) is 0.689. The number of hydrogen-bond acceptors (Lipinski definition) is 9. The number of ether oxygens (including phenoxy) is 2. The van der Waals surface area contributed by atoms with Crippen LogP contribution in [0.4, 0.5) is 0 Å². The molecule has 2 aliphatic rings. The Morgan fingerprint density at radius 3 is 2.24 bits per heavy atom. The highest BCUT2D eigenvalue weighted by Gasteiger charge is 2.47. The molecule has 2 aliphatic heterocycles. The van der Waals surface area contributed by atoms with Crippen molar-refractivity contribution in [2.45, 2.75) is 13.0 Å². The van der Waals surface area contributed by atoms with E-state index < -0.39 is 29.5 Å². The number of allylic oxidation sites excluding steroid dienone is 3. The van der Waals surface area contributed by atoms with Crippen molar-refractivity contribution in [1.29, 1.82) is 0 Å². The summed E-state index contributed by atoms with van der Waals surface area (Å²) in [4.78, 5) is 24.6. The number of carbonyl (C=O) groups excluding carboxylic acids is 2. The molecule has 0 radical (unpaired) electrons. The standard InChI is InChI=1S/C25H20O9/c1-12(26)8-21-23-22(25(32)34-24(23)14-4-7-17(28)19(30)10-14)20(31)11-15(33-21)5-2-13-3-6-16(27)18(29)9-13/h2-11,23-24,27-31H,1H3/b5-2+,21-8-/t23-,24+/m1/s1. The number of carbonyl (C=O) groups is 2. The molecule has 34 heavy (non-hydrogen) atoms. The molecule has 0 unspecified atom stereocenters. The number of hydrogen-bond donors (Lipinski definition) is 5. The lowest BCUT2D eigenvalue weighted by molar-refractivity contribution is -0.139. The van der Waals surface area contributed by atoms with Crippen molar-refractivity contribution in [2.75, 3.05) is 0 Å². The highest BCUT2D eigenvalue weighted by Crippen LogP contribution is 2.47. The van der Waals surface area contributed by atoms with Gasteiger partial charge in [-0.3, -0.25) is 4.79 Å². The molecule has 1 saturated heterocycles. The van der Waals surface area contributed by atoms with Gasteiger partial charge in [0, 0.05) is 12.2 Å². The SMILES string of the molecule is CC(=O)/C=C1\OC(/C=C/c2ccc(O)c(O)c2)=CC(O)=C2C(=O)O[C@@H](c3ccc(O)c(O)c3)[C@@H]21. The number of aromatic hydroxyl groups is 4. The second-order valence-electron chi connectivity index (χ2n) is 7.74. The lowest BCUT2D eigenvalue weighted by atomic mass is 9.88. The Morgan fingerprint density at radius 2 is 1.59 bits per heavy atom. The summed E-state index contributed by atoms with van der Waals surface area (Å²) >= 11 is 0. The minimum atomic E-state index is -1.05. The maximum absolute atomic E-state index is 12.7. The molecule has 5 N–H and O–H groups in total. The summed E-state index contributed by atoms with van der Waals surface area (Å²) in [6.07, 6.45) is 4.30. The normalized spacial score (nSPS) is 21.1. The van der Waals surface area contributed by atoms with Crippen molar-refractivity contribution in [3.63, 3.8) is 0 Å². The van der Waals surface area contributed by atoms with Gasteiger partial charge >= 0.3 is 5.97 Å². The largest absolute Gasteiger partial charge is 0.507 e. The predicted octanol–water partition coefficient (Wildman–Crippen LogP) is 3.64. The summed E-state index contributed by atoms with van der Waals surface area (Å²) in [6, 6.07) is 8.03. The number of aliphatic hydroxyl groups is 1. The molecule has 0 saturated carbocycles. The van der Waals surface area contributed by atoms with Gasteiger partial charge in [0.2, 0.25) is 0 Å². The summed E-state index contributed by atoms with van der Waals surface area (Å²) in [6.45, 7) is 1.29. The van der Waals surface area contributed by atoms with Crippen molar-refractivity contribution >= 4 is 17.8 Å². The maximum Gasteiger partial charge on any atom is 0.339 e. The molecule has 2 heterocycles. The third kappa shape index (κ3) is 4.31. The fourth-order valence-electron chi connectivity index (χ4n) is 3.72. The van der Waals surface area contributed by atoms with E-state index in [-0.39, 0.29) is 40.1 Å². The van der Waals surface area contributed by atoms with Crippen LogP contribution < -0.4 is 0 Å². The Bertz CT molecular complexity index is 1310. The number of benzene rings is 2. The number of esters is 1. The molecule has 1 fully saturated rings. The highest BCUT2D eigenvalue weighted by molar-refractivity contribution is 5.95. The molecule has 0 aromatic heterocycles. The van der Waals surface area contributed by atoms with Gasteiger partial charge in [0.15, 0.2) is 28.8 Å². The number of cyclic esters (lactones) is 1. The number of rotatable bonds is 4. The fraction of sp³-hybridized carbons (Fsp3) is 0.120. The molecule has 174 valence electrons. The van der Waals surface area contributed by atoms with Gasteiger partial charge in [-0.2, -0.15) is 0 Å². The summed E-state index contributed by atoms with van der Waals surface area (Å²) in [7, 11) is 0. The van der Waals surface area contributed by atoms with E-state index in [1.54, 1.807) is 0 Å². The molecule has 0 spiro atoms. The van der Waals surface area contributed by atoms with E-state index in [9.17, 15) is 35.1 Å². The Balaban J connectivity index is 1.76. The molecule has 2 aromatic carbocycles. The number of phenols is 4. The number of ketones is 1. The van der Waals surface area contributed by atoms with E-state index in [4.69, 9.17) is 9.47 Å². The summed E-state index contributed by atoms with van der Waals surface area (Å²) < 4.78 is 11.3. The first-order valence-electron chi connectivity index (χ1n) is 10.1. The van der Waals surface area contributed by atoms with Gasteiger partial charge in [0.25, 0.3) is 0 Å². The zero-order valence-electron chi connectivity index (χ0n) is 17.8. The Labute approximate surface area is 193 Å². The first-order chi connectivity index (χ1) is 16.1. The van der Waals surface area contributed by atoms with Crippen LogP contribution in [-0.2, 0) is 19.1 Å². The van der Waals surface area contributed by atoms with Crippen LogP contribution >= 0.6 is 0 Å². The monoisotopic (exact) mass is 464 g/mol. The van der Waals surface area contributed by atoms with Crippen LogP contribution in [0.5, 0.6) is 23.0 Å². The molecule has 4 rings (SSSR count). The van der Waals surface area contributed by atoms with Gasteiger partial charge in [0.05, 0.1) is 11.5 Å². The second kappa shape index (κ2) is 8.70. The topological polar surface area (TPSA) is 154 Å². The molecule has 2 atom stereocenters. The molecule has 2 aromatic rings. The van der Waals surface area contributed by atoms with Crippen LogP contribution in [0, 0.1) is 5.92 Å². The molecule has 0 amide bonds. The van der Waals surface area contributed by atoms with Crippen molar-refractivity contribution in [1.82, 2.24) is 0 Å². The van der Waals surface area contributed by atoms with Crippen LogP contribution in [0.25, 0.3) is 6.08 Å². The fourth-order valence-corrected chi connectivity index (χ4v) is 3.72. The van der Waals surface area contributed by atoms with E-state index in [0.29, 0.717) is 11.1 Å². The minimum absolute atomic E-state index is 0.0272. The first kappa shape index (κ1) is 22.5. The van der Waals surface area contributed by atoms with E-state index >= 15 is 0 Å². The Hall–Kier alpha value is -4.66. The maximum atomic E-state index is 12.7. The van der Waals surface area contributed by atoms with Crippen LogP contribution in [0.15, 0.2) is 77.5 Å². The Morgan fingerprint density at radius 1 is 0.912 bits per heavy atom. The number of fused-ring (bicyclic) bond motifs is 1. The van der Waals surface area contributed by atoms with E-state index in [1.807, 2.05) is 0 Å². The van der Waals surface area contributed by atoms with Gasteiger partial charge in [-0.15, -0.1) is 0 Å². The average Bonchev–Trinajstić information content (AvgIpc) is 3.05. The highest BCUT2D eigenvalue weighted by atomic mass is 16.6. The van der Waals surface area contributed by atoms with Crippen LogP contribution in [-0.4, -0.2) is 37.3 Å². The van der Waals surface area contributed by atoms with E-state index in [1.165, 1.54) is 67.6 Å². The second-order valence-corrected chi connectivity index (χ2v) is 7.74.